The topological polar surface area (TPSA) is 77.5 Å². The van der Waals surface area contributed by atoms with E-state index in [4.69, 9.17) is 9.47 Å². The van der Waals surface area contributed by atoms with Crippen molar-refractivity contribution in [3.05, 3.63) is 71.9 Å². The van der Waals surface area contributed by atoms with E-state index in [1.165, 1.54) is 0 Å². The Morgan fingerprint density at radius 1 is 1.00 bits per heavy atom. The molecule has 6 heteroatoms. The zero-order chi connectivity index (χ0) is 19.1. The van der Waals surface area contributed by atoms with E-state index >= 15 is 0 Å². The second-order valence-electron chi connectivity index (χ2n) is 5.91. The van der Waals surface area contributed by atoms with Crippen LogP contribution in [0, 0.1) is 0 Å². The molecule has 1 amide bonds. The summed E-state index contributed by atoms with van der Waals surface area (Å²) in [4.78, 5) is 28.2. The lowest BCUT2D eigenvalue weighted by Crippen LogP contribution is -2.30. The number of rotatable bonds is 7. The van der Waals surface area contributed by atoms with Crippen LogP contribution >= 0.6 is 0 Å². The van der Waals surface area contributed by atoms with Gasteiger partial charge < -0.3 is 14.8 Å². The predicted molar refractivity (Wildman–Crippen MR) is 102 cm³/mol. The Morgan fingerprint density at radius 2 is 1.78 bits per heavy atom. The number of esters is 1. The lowest BCUT2D eigenvalue weighted by molar-refractivity contribution is -0.124. The molecule has 3 rings (SSSR count). The fourth-order valence-electron chi connectivity index (χ4n) is 2.57. The van der Waals surface area contributed by atoms with Crippen LogP contribution in [0.1, 0.15) is 16.1 Å². The summed E-state index contributed by atoms with van der Waals surface area (Å²) in [6.45, 7) is 0.118. The summed E-state index contributed by atoms with van der Waals surface area (Å²) >= 11 is 0. The number of fused-ring (bicyclic) bond motifs is 1. The van der Waals surface area contributed by atoms with Gasteiger partial charge in [-0.2, -0.15) is 0 Å². The third-order valence-electron chi connectivity index (χ3n) is 4.04. The molecule has 0 bridgehead atoms. The largest absolute Gasteiger partial charge is 0.497 e. The molecule has 0 radical (unpaired) electrons. The summed E-state index contributed by atoms with van der Waals surface area (Å²) in [5.41, 5.74) is 1.96. The quantitative estimate of drug-likeness (QED) is 0.652. The number of nitrogens with one attached hydrogen (secondary N) is 1. The van der Waals surface area contributed by atoms with Gasteiger partial charge in [0.1, 0.15) is 11.4 Å². The number of hydrogen-bond acceptors (Lipinski definition) is 5. The van der Waals surface area contributed by atoms with Gasteiger partial charge in [0.2, 0.25) is 0 Å². The molecule has 1 heterocycles. The highest BCUT2D eigenvalue weighted by molar-refractivity contribution is 5.92. The summed E-state index contributed by atoms with van der Waals surface area (Å²) < 4.78 is 10.1. The smallest absolute Gasteiger partial charge is 0.357 e. The average Bonchev–Trinajstić information content (AvgIpc) is 2.72. The van der Waals surface area contributed by atoms with Crippen LogP contribution in [0.15, 0.2) is 60.7 Å². The van der Waals surface area contributed by atoms with Crippen molar-refractivity contribution in [2.24, 2.45) is 0 Å². The van der Waals surface area contributed by atoms with Gasteiger partial charge in [-0.05, 0) is 36.2 Å². The Labute approximate surface area is 157 Å². The van der Waals surface area contributed by atoms with Gasteiger partial charge >= 0.3 is 5.97 Å². The van der Waals surface area contributed by atoms with Crippen LogP contribution in [0.2, 0.25) is 0 Å². The maximum Gasteiger partial charge on any atom is 0.357 e. The summed E-state index contributed by atoms with van der Waals surface area (Å²) in [7, 11) is 1.62. The molecule has 0 saturated heterocycles. The van der Waals surface area contributed by atoms with Crippen molar-refractivity contribution in [1.82, 2.24) is 10.3 Å². The van der Waals surface area contributed by atoms with Crippen LogP contribution < -0.4 is 10.1 Å². The van der Waals surface area contributed by atoms with Gasteiger partial charge in [0.15, 0.2) is 6.61 Å². The standard InChI is InChI=1S/C21H20N2O4/c1-26-17-9-6-15(7-10-17)12-13-22-20(24)14-27-21(25)19-11-8-16-4-2-3-5-18(16)23-19/h2-11H,12-14H2,1H3,(H,22,24). The average molecular weight is 364 g/mol. The zero-order valence-corrected chi connectivity index (χ0v) is 15.0. The molecule has 0 fully saturated rings. The normalized spacial score (nSPS) is 10.4. The maximum absolute atomic E-state index is 12.1. The van der Waals surface area contributed by atoms with Crippen molar-refractivity contribution in [2.75, 3.05) is 20.3 Å². The number of carbonyl (C=O) groups excluding carboxylic acids is 2. The SMILES string of the molecule is COc1ccc(CCNC(=O)COC(=O)c2ccc3ccccc3n2)cc1. The zero-order valence-electron chi connectivity index (χ0n) is 15.0. The number of ether oxygens (including phenoxy) is 2. The first kappa shape index (κ1) is 18.4. The third-order valence-corrected chi connectivity index (χ3v) is 4.04. The molecule has 0 atom stereocenters. The number of carbonyl (C=O) groups is 2. The van der Waals surface area contributed by atoms with Crippen molar-refractivity contribution in [1.29, 1.82) is 0 Å². The fourth-order valence-corrected chi connectivity index (χ4v) is 2.57. The molecule has 1 aromatic heterocycles. The molecule has 0 aliphatic rings. The van der Waals surface area contributed by atoms with Gasteiger partial charge in [-0.15, -0.1) is 0 Å². The van der Waals surface area contributed by atoms with E-state index < -0.39 is 5.97 Å². The molecule has 27 heavy (non-hydrogen) atoms. The van der Waals surface area contributed by atoms with Crippen LogP contribution in [0.4, 0.5) is 0 Å². The minimum atomic E-state index is -0.619. The Hall–Kier alpha value is -3.41. The van der Waals surface area contributed by atoms with Gasteiger partial charge in [-0.25, -0.2) is 9.78 Å². The van der Waals surface area contributed by atoms with E-state index in [9.17, 15) is 9.59 Å². The molecule has 138 valence electrons. The minimum Gasteiger partial charge on any atom is -0.497 e. The Bertz CT molecular complexity index is 938. The van der Waals surface area contributed by atoms with Crippen molar-refractivity contribution in [3.63, 3.8) is 0 Å². The summed E-state index contributed by atoms with van der Waals surface area (Å²) in [5.74, 6) is -0.180. The predicted octanol–water partition coefficient (Wildman–Crippen LogP) is 2.76. The molecule has 0 aliphatic carbocycles. The van der Waals surface area contributed by atoms with Crippen LogP contribution in [-0.2, 0) is 16.0 Å². The number of amides is 1. The van der Waals surface area contributed by atoms with Crippen molar-refractivity contribution >= 4 is 22.8 Å². The summed E-state index contributed by atoms with van der Waals surface area (Å²) in [6, 6.07) is 18.5. The fraction of sp³-hybridized carbons (Fsp3) is 0.190. The highest BCUT2D eigenvalue weighted by atomic mass is 16.5. The van der Waals surface area contributed by atoms with Crippen LogP contribution in [0.25, 0.3) is 10.9 Å². The monoisotopic (exact) mass is 364 g/mol. The van der Waals surface area contributed by atoms with E-state index in [1.54, 1.807) is 19.2 Å². The highest BCUT2D eigenvalue weighted by Crippen LogP contribution is 2.13. The molecule has 0 aliphatic heterocycles. The molecule has 0 unspecified atom stereocenters. The van der Waals surface area contributed by atoms with Gasteiger partial charge in [-0.1, -0.05) is 36.4 Å². The lowest BCUT2D eigenvalue weighted by atomic mass is 10.1. The second kappa shape index (κ2) is 8.80. The summed E-state index contributed by atoms with van der Waals surface area (Å²) in [6.07, 6.45) is 0.676. The van der Waals surface area contributed by atoms with Gasteiger partial charge in [0.25, 0.3) is 5.91 Å². The first-order valence-electron chi connectivity index (χ1n) is 8.58. The number of hydrogen-bond donors (Lipinski definition) is 1. The van der Waals surface area contributed by atoms with Crippen LogP contribution in [0.5, 0.6) is 5.75 Å². The minimum absolute atomic E-state index is 0.180. The number of pyridine rings is 1. The molecule has 2 aromatic carbocycles. The Balaban J connectivity index is 1.44. The van der Waals surface area contributed by atoms with Gasteiger partial charge in [0, 0.05) is 11.9 Å². The van der Waals surface area contributed by atoms with E-state index in [2.05, 4.69) is 10.3 Å². The summed E-state index contributed by atoms with van der Waals surface area (Å²) in [5, 5.41) is 3.66. The molecular weight excluding hydrogens is 344 g/mol. The third kappa shape index (κ3) is 5.04. The first-order chi connectivity index (χ1) is 13.2. The Morgan fingerprint density at radius 3 is 2.56 bits per heavy atom. The molecule has 6 nitrogen and oxygen atoms in total. The molecule has 3 aromatic rings. The molecular formula is C21H20N2O4. The molecule has 0 saturated carbocycles. The first-order valence-corrected chi connectivity index (χ1v) is 8.58. The molecule has 0 spiro atoms. The van der Waals surface area contributed by atoms with Gasteiger partial charge in [-0.3, -0.25) is 4.79 Å². The van der Waals surface area contributed by atoms with E-state index in [1.807, 2.05) is 48.5 Å². The van der Waals surface area contributed by atoms with E-state index in [0.29, 0.717) is 18.5 Å². The number of aromatic nitrogens is 1. The van der Waals surface area contributed by atoms with Crippen molar-refractivity contribution in [2.45, 2.75) is 6.42 Å². The van der Waals surface area contributed by atoms with E-state index in [-0.39, 0.29) is 18.2 Å². The Kier molecular flexibility index (Phi) is 5.99. The number of benzene rings is 2. The van der Waals surface area contributed by atoms with Crippen LogP contribution in [0.3, 0.4) is 0 Å². The van der Waals surface area contributed by atoms with Gasteiger partial charge in [0.05, 0.1) is 12.6 Å². The highest BCUT2D eigenvalue weighted by Gasteiger charge is 2.12. The number of nitrogens with zero attached hydrogens (tertiary/aromatic N) is 1. The van der Waals surface area contributed by atoms with Crippen molar-refractivity contribution in [3.8, 4) is 5.75 Å². The van der Waals surface area contributed by atoms with Crippen molar-refractivity contribution < 1.29 is 19.1 Å². The molecule has 1 N–H and O–H groups in total. The number of methoxy groups -OCH3 is 1. The maximum atomic E-state index is 12.1. The van der Waals surface area contributed by atoms with Crippen LogP contribution in [-0.4, -0.2) is 37.1 Å². The second-order valence-corrected chi connectivity index (χ2v) is 5.91. The van der Waals surface area contributed by atoms with E-state index in [0.717, 1.165) is 16.7 Å². The number of para-hydroxylation sites is 1. The lowest BCUT2D eigenvalue weighted by Gasteiger charge is -2.07.